The largest absolute Gasteiger partial charge is 0.494 e. The number of fused-ring (bicyclic) bond motifs is 1. The van der Waals surface area contributed by atoms with Crippen molar-refractivity contribution in [2.24, 2.45) is 5.10 Å². The number of hydrogen-bond acceptors (Lipinski definition) is 6. The van der Waals surface area contributed by atoms with E-state index in [4.69, 9.17) is 4.74 Å². The quantitative estimate of drug-likeness (QED) is 0.386. The van der Waals surface area contributed by atoms with Crippen molar-refractivity contribution in [3.8, 4) is 5.75 Å². The number of nitrogens with one attached hydrogen (secondary N) is 2. The zero-order valence-electron chi connectivity index (χ0n) is 14.8. The van der Waals surface area contributed by atoms with Crippen LogP contribution in [0, 0.1) is 10.1 Å². The van der Waals surface area contributed by atoms with Gasteiger partial charge < -0.3 is 9.72 Å². The minimum atomic E-state index is -0.552. The Morgan fingerprint density at radius 2 is 2.00 bits per heavy atom. The topological polar surface area (TPSA) is 127 Å². The summed E-state index contributed by atoms with van der Waals surface area (Å²) in [5, 5.41) is 15.2. The summed E-state index contributed by atoms with van der Waals surface area (Å²) in [6.07, 6.45) is 1.23. The number of benzene rings is 2. The summed E-state index contributed by atoms with van der Waals surface area (Å²) in [5.74, 6) is 0.104. The van der Waals surface area contributed by atoms with Crippen LogP contribution in [0.5, 0.6) is 5.75 Å². The van der Waals surface area contributed by atoms with Crippen molar-refractivity contribution in [1.82, 2.24) is 10.4 Å². The summed E-state index contributed by atoms with van der Waals surface area (Å²) >= 11 is 0. The molecular formula is C19H16N4O5. The van der Waals surface area contributed by atoms with Crippen molar-refractivity contribution in [1.29, 1.82) is 0 Å². The van der Waals surface area contributed by atoms with Gasteiger partial charge in [-0.2, -0.15) is 5.10 Å². The highest BCUT2D eigenvalue weighted by Gasteiger charge is 2.09. The Morgan fingerprint density at radius 3 is 2.68 bits per heavy atom. The molecule has 0 aliphatic rings. The molecule has 0 unspecified atom stereocenters. The Morgan fingerprint density at radius 1 is 1.25 bits per heavy atom. The lowest BCUT2D eigenvalue weighted by Gasteiger charge is -2.05. The van der Waals surface area contributed by atoms with Gasteiger partial charge in [0.15, 0.2) is 0 Å². The second-order valence-corrected chi connectivity index (χ2v) is 5.74. The molecule has 0 spiro atoms. The van der Waals surface area contributed by atoms with Gasteiger partial charge in [-0.25, -0.2) is 5.43 Å². The van der Waals surface area contributed by atoms with Crippen LogP contribution in [0.25, 0.3) is 10.9 Å². The summed E-state index contributed by atoms with van der Waals surface area (Å²) in [6, 6.07) is 12.1. The predicted molar refractivity (Wildman–Crippen MR) is 104 cm³/mol. The number of carbonyl (C=O) groups excluding carboxylic acids is 1. The van der Waals surface area contributed by atoms with Crippen LogP contribution in [0.1, 0.15) is 22.8 Å². The third-order valence-electron chi connectivity index (χ3n) is 3.87. The second-order valence-electron chi connectivity index (χ2n) is 5.74. The van der Waals surface area contributed by atoms with E-state index in [1.807, 2.05) is 13.0 Å². The maximum absolute atomic E-state index is 12.2. The monoisotopic (exact) mass is 380 g/mol. The molecule has 0 bridgehead atoms. The summed E-state index contributed by atoms with van der Waals surface area (Å²) in [6.45, 7) is 2.40. The number of rotatable bonds is 6. The van der Waals surface area contributed by atoms with Crippen molar-refractivity contribution in [2.45, 2.75) is 6.92 Å². The molecule has 1 aromatic heterocycles. The first kappa shape index (κ1) is 18.8. The predicted octanol–water partition coefficient (Wildman–Crippen LogP) is 2.60. The molecule has 0 fully saturated rings. The van der Waals surface area contributed by atoms with Crippen LogP contribution < -0.4 is 15.7 Å². The van der Waals surface area contributed by atoms with Gasteiger partial charge in [0.2, 0.25) is 0 Å². The molecule has 142 valence electrons. The minimum Gasteiger partial charge on any atom is -0.494 e. The van der Waals surface area contributed by atoms with Gasteiger partial charge in [-0.05, 0) is 42.6 Å². The van der Waals surface area contributed by atoms with Gasteiger partial charge in [0.05, 0.1) is 28.8 Å². The Hall–Kier alpha value is -4.01. The van der Waals surface area contributed by atoms with Crippen molar-refractivity contribution in [2.75, 3.05) is 6.61 Å². The SMILES string of the molecule is CCOc1ccc2cc(/C=N\NC(=O)c3ccc([N+](=O)[O-])cc3)c(=O)[nH]c2c1. The smallest absolute Gasteiger partial charge is 0.271 e. The number of ether oxygens (including phenoxy) is 1. The van der Waals surface area contributed by atoms with Gasteiger partial charge in [0.1, 0.15) is 5.75 Å². The van der Waals surface area contributed by atoms with E-state index in [2.05, 4.69) is 15.5 Å². The highest BCUT2D eigenvalue weighted by molar-refractivity contribution is 5.95. The molecule has 0 saturated heterocycles. The fourth-order valence-electron chi connectivity index (χ4n) is 2.51. The zero-order valence-corrected chi connectivity index (χ0v) is 14.8. The highest BCUT2D eigenvalue weighted by Crippen LogP contribution is 2.18. The molecule has 1 heterocycles. The van der Waals surface area contributed by atoms with E-state index < -0.39 is 10.8 Å². The van der Waals surface area contributed by atoms with Crippen molar-refractivity contribution in [3.63, 3.8) is 0 Å². The molecule has 0 aliphatic heterocycles. The average molecular weight is 380 g/mol. The van der Waals surface area contributed by atoms with Crippen molar-refractivity contribution < 1.29 is 14.5 Å². The molecule has 1 amide bonds. The number of carbonyl (C=O) groups is 1. The molecule has 2 aromatic carbocycles. The van der Waals surface area contributed by atoms with E-state index in [1.54, 1.807) is 18.2 Å². The first-order valence-electron chi connectivity index (χ1n) is 8.35. The van der Waals surface area contributed by atoms with E-state index in [0.29, 0.717) is 17.9 Å². The first-order chi connectivity index (χ1) is 13.5. The number of pyridine rings is 1. The highest BCUT2D eigenvalue weighted by atomic mass is 16.6. The number of nitrogens with zero attached hydrogens (tertiary/aromatic N) is 2. The van der Waals surface area contributed by atoms with E-state index in [-0.39, 0.29) is 22.4 Å². The fourth-order valence-corrected chi connectivity index (χ4v) is 2.51. The third-order valence-corrected chi connectivity index (χ3v) is 3.87. The molecule has 2 N–H and O–H groups in total. The number of amides is 1. The molecule has 3 rings (SSSR count). The second kappa shape index (κ2) is 8.12. The number of H-pyrrole nitrogens is 1. The van der Waals surface area contributed by atoms with Crippen LogP contribution >= 0.6 is 0 Å². The zero-order chi connectivity index (χ0) is 20.1. The lowest BCUT2D eigenvalue weighted by Crippen LogP contribution is -2.19. The summed E-state index contributed by atoms with van der Waals surface area (Å²) < 4.78 is 5.40. The van der Waals surface area contributed by atoms with Crippen LogP contribution in [-0.4, -0.2) is 28.6 Å². The number of aromatic nitrogens is 1. The normalized spacial score (nSPS) is 10.9. The lowest BCUT2D eigenvalue weighted by molar-refractivity contribution is -0.384. The third kappa shape index (κ3) is 4.21. The molecule has 28 heavy (non-hydrogen) atoms. The van der Waals surface area contributed by atoms with E-state index in [1.165, 1.54) is 30.5 Å². The summed E-state index contributed by atoms with van der Waals surface area (Å²) in [5.41, 5.74) is 2.90. The van der Waals surface area contributed by atoms with E-state index in [9.17, 15) is 19.7 Å². The van der Waals surface area contributed by atoms with Gasteiger partial charge in [0.25, 0.3) is 17.2 Å². The van der Waals surface area contributed by atoms with Gasteiger partial charge >= 0.3 is 0 Å². The molecule has 0 atom stereocenters. The van der Waals surface area contributed by atoms with Crippen LogP contribution in [0.15, 0.2) is 58.4 Å². The lowest BCUT2D eigenvalue weighted by atomic mass is 10.1. The number of hydrazone groups is 1. The first-order valence-corrected chi connectivity index (χ1v) is 8.35. The summed E-state index contributed by atoms with van der Waals surface area (Å²) in [4.78, 5) is 37.0. The van der Waals surface area contributed by atoms with Gasteiger partial charge in [-0.3, -0.25) is 19.7 Å². The molecule has 0 saturated carbocycles. The number of nitro benzene ring substituents is 1. The number of aromatic amines is 1. The van der Waals surface area contributed by atoms with Gasteiger partial charge in [0, 0.05) is 23.8 Å². The Kier molecular flexibility index (Phi) is 5.45. The van der Waals surface area contributed by atoms with E-state index in [0.717, 1.165) is 5.39 Å². The van der Waals surface area contributed by atoms with Crippen molar-refractivity contribution in [3.05, 3.63) is 80.1 Å². The van der Waals surface area contributed by atoms with Crippen LogP contribution in [0.4, 0.5) is 5.69 Å². The summed E-state index contributed by atoms with van der Waals surface area (Å²) in [7, 11) is 0. The minimum absolute atomic E-state index is 0.116. The average Bonchev–Trinajstić information content (AvgIpc) is 2.68. The number of hydrogen-bond donors (Lipinski definition) is 2. The van der Waals surface area contributed by atoms with Gasteiger partial charge in [-0.15, -0.1) is 0 Å². The van der Waals surface area contributed by atoms with Crippen molar-refractivity contribution >= 4 is 28.7 Å². The maximum atomic E-state index is 12.2. The Balaban J connectivity index is 1.74. The Labute approximate surface area is 158 Å². The molecule has 0 radical (unpaired) electrons. The van der Waals surface area contributed by atoms with Gasteiger partial charge in [-0.1, -0.05) is 0 Å². The van der Waals surface area contributed by atoms with Crippen LogP contribution in [0.2, 0.25) is 0 Å². The number of non-ortho nitro benzene ring substituents is 1. The molecule has 9 heteroatoms. The fraction of sp³-hybridized carbons (Fsp3) is 0.105. The molecule has 0 aliphatic carbocycles. The maximum Gasteiger partial charge on any atom is 0.271 e. The molecule has 3 aromatic rings. The number of nitro groups is 1. The Bertz CT molecular complexity index is 1120. The van der Waals surface area contributed by atoms with Crippen LogP contribution in [-0.2, 0) is 0 Å². The van der Waals surface area contributed by atoms with Crippen LogP contribution in [0.3, 0.4) is 0 Å². The van der Waals surface area contributed by atoms with E-state index >= 15 is 0 Å². The standard InChI is InChI=1S/C19H16N4O5/c1-2-28-16-8-5-13-9-14(18(24)21-17(13)10-16)11-20-22-19(25)12-3-6-15(7-4-12)23(26)27/h3-11H,2H2,1H3,(H,21,24)(H,22,25)/b20-11-. The molecular weight excluding hydrogens is 364 g/mol. The molecule has 9 nitrogen and oxygen atoms in total.